The molecule has 0 unspecified atom stereocenters. The molecule has 7 nitrogen and oxygen atoms in total. The third kappa shape index (κ3) is 9.78. The number of ether oxygens (including phenoxy) is 1. The largest absolute Gasteiger partial charge is 0.496 e. The summed E-state index contributed by atoms with van der Waals surface area (Å²) in [6.45, 7) is 2.34. The van der Waals surface area contributed by atoms with Gasteiger partial charge >= 0.3 is 14.0 Å². The molecule has 2 aliphatic carbocycles. The average molecular weight is 1010 g/mol. The van der Waals surface area contributed by atoms with E-state index in [1.807, 2.05) is 62.0 Å². The lowest BCUT2D eigenvalue weighted by molar-refractivity contribution is 0.416. The summed E-state index contributed by atoms with van der Waals surface area (Å²) in [5, 5.41) is 8.68. The number of hydrogen-bond donors (Lipinski definition) is 2. The Bertz CT molecular complexity index is 3360. The Kier molecular flexibility index (Phi) is 14.7. The van der Waals surface area contributed by atoms with Crippen molar-refractivity contribution < 1.29 is 4.74 Å². The highest BCUT2D eigenvalue weighted by Gasteiger charge is 2.48. The molecule has 2 saturated carbocycles. The summed E-state index contributed by atoms with van der Waals surface area (Å²) in [4.78, 5) is 14.2. The molecule has 0 bridgehead atoms. The van der Waals surface area contributed by atoms with Crippen LogP contribution in [0.15, 0.2) is 213 Å². The summed E-state index contributed by atoms with van der Waals surface area (Å²) in [5.74, 6) is 1.02. The lowest BCUT2D eigenvalue weighted by atomic mass is 9.60. The van der Waals surface area contributed by atoms with Crippen LogP contribution >= 0.6 is 7.92 Å². The molecule has 7 aromatic carbocycles. The third-order valence-corrected chi connectivity index (χ3v) is 19.6. The van der Waals surface area contributed by atoms with Crippen molar-refractivity contribution in [3.05, 3.63) is 218 Å². The molecule has 5 heterocycles. The quantitative estimate of drug-likeness (QED) is 0.116. The van der Waals surface area contributed by atoms with Gasteiger partial charge in [-0.1, -0.05) is 186 Å². The van der Waals surface area contributed by atoms with Crippen LogP contribution in [-0.4, -0.2) is 42.4 Å². The number of nitrogens with zero attached hydrogens (tertiary/aromatic N) is 4. The fourth-order valence-corrected chi connectivity index (χ4v) is 16.5. The lowest BCUT2D eigenvalue weighted by Crippen LogP contribution is -2.55. The number of methoxy groups -OCH3 is 1. The molecule has 0 spiro atoms. The summed E-state index contributed by atoms with van der Waals surface area (Å²) in [6, 6.07) is 70.5. The molecule has 0 amide bonds. The highest BCUT2D eigenvalue weighted by atomic mass is 31.1. The molecule has 2 fully saturated rings. The van der Waals surface area contributed by atoms with Crippen molar-refractivity contribution in [3.8, 4) is 39.4 Å². The minimum absolute atomic E-state index is 0.0475. The van der Waals surface area contributed by atoms with Crippen LogP contribution in [0.1, 0.15) is 69.8 Å². The second-order valence-corrected chi connectivity index (χ2v) is 23.4. The number of aryl methyl sites for hydroxylation is 1. The highest BCUT2D eigenvalue weighted by Crippen LogP contribution is 2.57. The topological polar surface area (TPSA) is 65.5 Å². The first kappa shape index (κ1) is 49.3. The SMILES string of the molecule is COc1cccc(C)c1-c1ccccc1P(C1CCCCC1)C1CCCCC1.c1ccc(-c2ncccc2B2Nc3ccccc3N2)cc1.c1ccc(N2B3c4cccnc4-c4ccccc4N3c3ccccc32)cc1. The number of pyridine rings is 2. The molecule has 2 N–H and O–H groups in total. The second kappa shape index (κ2) is 22.7. The zero-order valence-electron chi connectivity index (χ0n) is 43.7. The van der Waals surface area contributed by atoms with Gasteiger partial charge in [-0.3, -0.25) is 9.97 Å². The molecule has 14 rings (SSSR count). The molecular formula is C66H65B2N6OP. The molecule has 0 saturated heterocycles. The van der Waals surface area contributed by atoms with E-state index < -0.39 is 0 Å². The molecule has 3 aliphatic heterocycles. The van der Waals surface area contributed by atoms with Gasteiger partial charge in [0.05, 0.1) is 29.9 Å². The summed E-state index contributed by atoms with van der Waals surface area (Å²) in [7, 11) is 1.69. The first-order chi connectivity index (χ1) is 37.6. The van der Waals surface area contributed by atoms with Gasteiger partial charge in [0.1, 0.15) is 5.75 Å². The zero-order chi connectivity index (χ0) is 51.2. The Balaban J connectivity index is 0.000000116. The number of benzene rings is 7. The van der Waals surface area contributed by atoms with E-state index in [1.165, 1.54) is 115 Å². The van der Waals surface area contributed by atoms with Crippen LogP contribution in [0.25, 0.3) is 33.6 Å². The van der Waals surface area contributed by atoms with E-state index in [0.29, 0.717) is 0 Å². The van der Waals surface area contributed by atoms with E-state index in [0.717, 1.165) is 50.9 Å². The van der Waals surface area contributed by atoms with Crippen molar-refractivity contribution in [3.63, 3.8) is 0 Å². The monoisotopic (exact) mass is 1010 g/mol. The van der Waals surface area contributed by atoms with Gasteiger partial charge in [-0.05, 0) is 138 Å². The van der Waals surface area contributed by atoms with Crippen molar-refractivity contribution in [2.45, 2.75) is 82.4 Å². The van der Waals surface area contributed by atoms with E-state index in [1.54, 1.807) is 5.30 Å². The van der Waals surface area contributed by atoms with Crippen LogP contribution in [0, 0.1) is 6.92 Å². The maximum absolute atomic E-state index is 5.81. The van der Waals surface area contributed by atoms with Gasteiger partial charge in [-0.25, -0.2) is 0 Å². The van der Waals surface area contributed by atoms with E-state index in [2.05, 4.69) is 190 Å². The molecule has 376 valence electrons. The minimum Gasteiger partial charge on any atom is -0.496 e. The molecule has 2 aromatic heterocycles. The van der Waals surface area contributed by atoms with Gasteiger partial charge in [-0.2, -0.15) is 0 Å². The van der Waals surface area contributed by atoms with Crippen molar-refractivity contribution >= 4 is 72.2 Å². The maximum Gasteiger partial charge on any atom is 0.423 e. The Morgan fingerprint density at radius 1 is 0.487 bits per heavy atom. The van der Waals surface area contributed by atoms with Crippen LogP contribution in [0.5, 0.6) is 5.75 Å². The first-order valence-electron chi connectivity index (χ1n) is 27.5. The predicted octanol–water partition coefficient (Wildman–Crippen LogP) is 15.2. The fourth-order valence-electron chi connectivity index (χ4n) is 12.6. The fraction of sp³-hybridized carbons (Fsp3) is 0.212. The van der Waals surface area contributed by atoms with Gasteiger partial charge in [0.15, 0.2) is 0 Å². The smallest absolute Gasteiger partial charge is 0.423 e. The number of fused-ring (bicyclic) bond motifs is 9. The number of anilines is 6. The minimum atomic E-state index is -0.122. The third-order valence-electron chi connectivity index (χ3n) is 16.0. The van der Waals surface area contributed by atoms with Crippen LogP contribution in [0.3, 0.4) is 0 Å². The van der Waals surface area contributed by atoms with Crippen molar-refractivity contribution in [2.75, 3.05) is 27.2 Å². The van der Waals surface area contributed by atoms with Crippen molar-refractivity contribution in [1.82, 2.24) is 9.97 Å². The van der Waals surface area contributed by atoms with Gasteiger partial charge in [0, 0.05) is 46.3 Å². The summed E-state index contributed by atoms with van der Waals surface area (Å²) in [6.07, 6.45) is 18.1. The van der Waals surface area contributed by atoms with Crippen LogP contribution in [0.2, 0.25) is 0 Å². The Morgan fingerprint density at radius 3 is 1.68 bits per heavy atom. The summed E-state index contributed by atoms with van der Waals surface area (Å²) in [5.41, 5.74) is 19.8. The standard InChI is InChI=1S/C26H35OP.C23H16BN3.C17H14BN3/c1-20-12-11-18-24(27-2)26(20)23-17-9-10-19-25(23)28(21-13-5-3-6-14-21)22-15-7-4-8-16-22;1-2-9-17(10-3-1)26-21-14-6-7-15-22(21)27-20-13-5-4-11-18(20)23-19(24(26)27)12-8-16-25-23;1-2-7-13(8-3-1)17-14(9-6-12-19-17)18-20-15-10-4-5-11-16(15)21-18/h9-12,17-19,21-22H,3-8,13-16H2,1-2H3;1-16H;1-12,20-21H. The number of para-hydroxylation sites is 6. The van der Waals surface area contributed by atoms with Gasteiger partial charge in [-0.15, -0.1) is 0 Å². The maximum atomic E-state index is 5.81. The van der Waals surface area contributed by atoms with Crippen molar-refractivity contribution in [1.29, 1.82) is 0 Å². The molecule has 9 aromatic rings. The van der Waals surface area contributed by atoms with E-state index in [4.69, 9.17) is 9.72 Å². The average Bonchev–Trinajstić information content (AvgIpc) is 4.23. The van der Waals surface area contributed by atoms with Crippen LogP contribution in [-0.2, 0) is 0 Å². The molecule has 5 aliphatic rings. The lowest BCUT2D eigenvalue weighted by Gasteiger charge is -2.39. The van der Waals surface area contributed by atoms with Crippen LogP contribution in [0.4, 0.5) is 34.1 Å². The summed E-state index contributed by atoms with van der Waals surface area (Å²) < 4.78 is 5.81. The number of nitrogens with one attached hydrogen (secondary N) is 2. The molecule has 76 heavy (non-hydrogen) atoms. The zero-order valence-corrected chi connectivity index (χ0v) is 44.6. The van der Waals surface area contributed by atoms with Crippen molar-refractivity contribution in [2.24, 2.45) is 0 Å². The van der Waals surface area contributed by atoms with Crippen LogP contribution < -0.4 is 41.0 Å². The predicted molar refractivity (Wildman–Crippen MR) is 324 cm³/mol. The normalized spacial score (nSPS) is 15.4. The Morgan fingerprint density at radius 2 is 1.03 bits per heavy atom. The van der Waals surface area contributed by atoms with E-state index in [9.17, 15) is 0 Å². The summed E-state index contributed by atoms with van der Waals surface area (Å²) >= 11 is 0. The van der Waals surface area contributed by atoms with E-state index in [-0.39, 0.29) is 21.9 Å². The molecule has 0 atom stereocenters. The number of rotatable bonds is 8. The molecular weight excluding hydrogens is 945 g/mol. The molecule has 10 heteroatoms. The first-order valence-corrected chi connectivity index (χ1v) is 29.0. The van der Waals surface area contributed by atoms with Gasteiger partial charge in [0.2, 0.25) is 0 Å². The highest BCUT2D eigenvalue weighted by molar-refractivity contribution is 7.67. The number of aromatic nitrogens is 2. The number of hydrogen-bond acceptors (Lipinski definition) is 7. The molecule has 0 radical (unpaired) electrons. The van der Waals surface area contributed by atoms with Gasteiger partial charge < -0.3 is 24.8 Å². The van der Waals surface area contributed by atoms with E-state index >= 15 is 0 Å². The second-order valence-electron chi connectivity index (χ2n) is 20.6. The Hall–Kier alpha value is -7.60. The Labute approximate surface area is 451 Å². The van der Waals surface area contributed by atoms with Gasteiger partial charge in [0.25, 0.3) is 0 Å².